The van der Waals surface area contributed by atoms with Crippen LogP contribution < -0.4 is 0 Å². The molecule has 3 aromatic heterocycles. The number of aryl methyl sites for hydroxylation is 1. The van der Waals surface area contributed by atoms with E-state index in [4.69, 9.17) is 4.98 Å². The van der Waals surface area contributed by atoms with Crippen molar-refractivity contribution < 1.29 is 5.11 Å². The normalized spacial score (nSPS) is 17.0. The Kier molecular flexibility index (Phi) is 5.18. The number of hydrogen-bond donors (Lipinski definition) is 1. The van der Waals surface area contributed by atoms with E-state index in [9.17, 15) is 5.11 Å². The van der Waals surface area contributed by atoms with E-state index in [0.717, 1.165) is 43.1 Å². The Bertz CT molecular complexity index is 1090. The number of benzene rings is 1. The maximum Gasteiger partial charge on any atom is 0.193 e. The standard InChI is InChI=1S/C23H27N5OS/c1-18-19(16-28(25-18)11-13-29)15-26-9-7-23(8-10-26,20-5-3-2-4-6-20)21-17-27-12-14-30-22(27)24-21/h2-6,12,14,16-17,29H,7-11,13,15H2,1H3. The van der Waals surface area contributed by atoms with Crippen molar-refractivity contribution in [3.05, 3.63) is 76.8 Å². The van der Waals surface area contributed by atoms with Gasteiger partial charge in [0.1, 0.15) is 0 Å². The van der Waals surface area contributed by atoms with E-state index >= 15 is 0 Å². The first-order valence-electron chi connectivity index (χ1n) is 10.5. The summed E-state index contributed by atoms with van der Waals surface area (Å²) in [7, 11) is 0. The van der Waals surface area contributed by atoms with Gasteiger partial charge in [0.2, 0.25) is 0 Å². The highest BCUT2D eigenvalue weighted by atomic mass is 32.1. The van der Waals surface area contributed by atoms with Crippen molar-refractivity contribution in [2.45, 2.75) is 38.3 Å². The molecule has 1 N–H and O–H groups in total. The monoisotopic (exact) mass is 421 g/mol. The van der Waals surface area contributed by atoms with Crippen LogP contribution in [0.4, 0.5) is 0 Å². The van der Waals surface area contributed by atoms with E-state index < -0.39 is 0 Å². The average molecular weight is 422 g/mol. The second-order valence-corrected chi connectivity index (χ2v) is 9.04. The number of aromatic nitrogens is 4. The van der Waals surface area contributed by atoms with Crippen LogP contribution in [-0.2, 0) is 18.5 Å². The molecule has 0 spiro atoms. The smallest absolute Gasteiger partial charge is 0.193 e. The second kappa shape index (κ2) is 7.98. The van der Waals surface area contributed by atoms with Crippen LogP contribution in [0.25, 0.3) is 4.96 Å². The fraction of sp³-hybridized carbons (Fsp3) is 0.391. The molecule has 0 unspecified atom stereocenters. The molecule has 0 bridgehead atoms. The first kappa shape index (κ1) is 19.5. The Balaban J connectivity index is 1.39. The molecule has 4 heterocycles. The number of thiazole rings is 1. The second-order valence-electron chi connectivity index (χ2n) is 8.17. The lowest BCUT2D eigenvalue weighted by Gasteiger charge is -2.41. The molecule has 30 heavy (non-hydrogen) atoms. The predicted octanol–water partition coefficient (Wildman–Crippen LogP) is 3.48. The van der Waals surface area contributed by atoms with Gasteiger partial charge in [0, 0.05) is 41.5 Å². The van der Waals surface area contributed by atoms with Gasteiger partial charge in [0.15, 0.2) is 4.96 Å². The predicted molar refractivity (Wildman–Crippen MR) is 119 cm³/mol. The lowest BCUT2D eigenvalue weighted by molar-refractivity contribution is 0.170. The Morgan fingerprint density at radius 3 is 2.67 bits per heavy atom. The van der Waals surface area contributed by atoms with Crippen molar-refractivity contribution in [3.63, 3.8) is 0 Å². The van der Waals surface area contributed by atoms with Crippen LogP contribution in [0.1, 0.15) is 35.4 Å². The molecule has 0 saturated carbocycles. The van der Waals surface area contributed by atoms with Crippen molar-refractivity contribution in [2.75, 3.05) is 19.7 Å². The van der Waals surface area contributed by atoms with Crippen molar-refractivity contribution >= 4 is 16.3 Å². The molecular weight excluding hydrogens is 394 g/mol. The number of aliphatic hydroxyl groups excluding tert-OH is 1. The molecule has 0 aliphatic carbocycles. The summed E-state index contributed by atoms with van der Waals surface area (Å²) >= 11 is 1.69. The maximum atomic E-state index is 9.17. The number of aliphatic hydroxyl groups is 1. The minimum Gasteiger partial charge on any atom is -0.394 e. The summed E-state index contributed by atoms with van der Waals surface area (Å²) < 4.78 is 4.00. The Morgan fingerprint density at radius 2 is 1.93 bits per heavy atom. The van der Waals surface area contributed by atoms with Gasteiger partial charge in [-0.15, -0.1) is 11.3 Å². The summed E-state index contributed by atoms with van der Waals surface area (Å²) in [5.41, 5.74) is 4.81. The van der Waals surface area contributed by atoms with Gasteiger partial charge >= 0.3 is 0 Å². The lowest BCUT2D eigenvalue weighted by Crippen LogP contribution is -2.43. The van der Waals surface area contributed by atoms with Crippen LogP contribution in [0.3, 0.4) is 0 Å². The first-order valence-corrected chi connectivity index (χ1v) is 11.4. The van der Waals surface area contributed by atoms with Crippen LogP contribution >= 0.6 is 11.3 Å². The third-order valence-corrected chi connectivity index (χ3v) is 7.16. The minimum absolute atomic E-state index is 0.0420. The van der Waals surface area contributed by atoms with Gasteiger partial charge in [0.25, 0.3) is 0 Å². The molecule has 0 radical (unpaired) electrons. The Hall–Kier alpha value is -2.48. The molecule has 0 amide bonds. The minimum atomic E-state index is -0.0420. The molecule has 7 heteroatoms. The molecule has 0 atom stereocenters. The SMILES string of the molecule is Cc1nn(CCO)cc1CN1CCC(c2ccccc2)(c2cn3ccsc3n2)CC1. The van der Waals surface area contributed by atoms with Crippen LogP contribution in [0.2, 0.25) is 0 Å². The van der Waals surface area contributed by atoms with E-state index in [1.54, 1.807) is 11.3 Å². The van der Waals surface area contributed by atoms with Crippen molar-refractivity contribution in [1.29, 1.82) is 0 Å². The molecule has 5 rings (SSSR count). The topological polar surface area (TPSA) is 58.6 Å². The number of hydrogen-bond acceptors (Lipinski definition) is 5. The van der Waals surface area contributed by atoms with Crippen molar-refractivity contribution in [3.8, 4) is 0 Å². The largest absolute Gasteiger partial charge is 0.394 e. The van der Waals surface area contributed by atoms with E-state index in [-0.39, 0.29) is 12.0 Å². The zero-order valence-corrected chi connectivity index (χ0v) is 18.1. The van der Waals surface area contributed by atoms with Crippen LogP contribution in [0.5, 0.6) is 0 Å². The highest BCUT2D eigenvalue weighted by Crippen LogP contribution is 2.41. The Morgan fingerprint density at radius 1 is 1.13 bits per heavy atom. The summed E-state index contributed by atoms with van der Waals surface area (Å²) in [6.07, 6.45) is 8.49. The Labute approximate surface area is 180 Å². The summed E-state index contributed by atoms with van der Waals surface area (Å²) in [5, 5.41) is 15.8. The number of piperidine rings is 1. The summed E-state index contributed by atoms with van der Waals surface area (Å²) in [5.74, 6) is 0. The molecule has 1 saturated heterocycles. The molecule has 1 aliphatic heterocycles. The molecule has 1 fully saturated rings. The fourth-order valence-electron chi connectivity index (χ4n) is 4.67. The van der Waals surface area contributed by atoms with Gasteiger partial charge in [-0.25, -0.2) is 4.98 Å². The number of imidazole rings is 1. The van der Waals surface area contributed by atoms with Crippen molar-refractivity contribution in [1.82, 2.24) is 24.1 Å². The highest BCUT2D eigenvalue weighted by molar-refractivity contribution is 7.15. The van der Waals surface area contributed by atoms with Gasteiger partial charge in [-0.3, -0.25) is 14.0 Å². The molecular formula is C23H27N5OS. The number of rotatable bonds is 6. The van der Waals surface area contributed by atoms with E-state index in [2.05, 4.69) is 75.6 Å². The summed E-state index contributed by atoms with van der Waals surface area (Å²) in [6, 6.07) is 10.9. The van der Waals surface area contributed by atoms with E-state index in [1.165, 1.54) is 16.8 Å². The van der Waals surface area contributed by atoms with Crippen LogP contribution in [0, 0.1) is 6.92 Å². The first-order chi connectivity index (χ1) is 14.7. The van der Waals surface area contributed by atoms with Crippen LogP contribution in [-0.4, -0.2) is 48.9 Å². The zero-order chi connectivity index (χ0) is 20.6. The number of nitrogens with zero attached hydrogens (tertiary/aromatic N) is 5. The van der Waals surface area contributed by atoms with Gasteiger partial charge in [0.05, 0.1) is 24.5 Å². The highest BCUT2D eigenvalue weighted by Gasteiger charge is 2.40. The van der Waals surface area contributed by atoms with Gasteiger partial charge in [-0.1, -0.05) is 30.3 Å². The molecule has 4 aromatic rings. The number of fused-ring (bicyclic) bond motifs is 1. The van der Waals surface area contributed by atoms with Gasteiger partial charge in [-0.05, 0) is 38.4 Å². The maximum absolute atomic E-state index is 9.17. The average Bonchev–Trinajstić information content (AvgIpc) is 3.45. The summed E-state index contributed by atoms with van der Waals surface area (Å²) in [4.78, 5) is 8.60. The molecule has 156 valence electrons. The van der Waals surface area contributed by atoms with Gasteiger partial charge in [-0.2, -0.15) is 5.10 Å². The van der Waals surface area contributed by atoms with Gasteiger partial charge < -0.3 is 5.11 Å². The van der Waals surface area contributed by atoms with E-state index in [1.807, 2.05) is 4.68 Å². The fourth-order valence-corrected chi connectivity index (χ4v) is 5.37. The molecule has 1 aliphatic rings. The third-order valence-electron chi connectivity index (χ3n) is 6.39. The quantitative estimate of drug-likeness (QED) is 0.518. The van der Waals surface area contributed by atoms with Crippen LogP contribution in [0.15, 0.2) is 54.3 Å². The molecule has 1 aromatic carbocycles. The lowest BCUT2D eigenvalue weighted by atomic mass is 9.70. The molecule has 6 nitrogen and oxygen atoms in total. The number of likely N-dealkylation sites (tertiary alicyclic amines) is 1. The van der Waals surface area contributed by atoms with Crippen molar-refractivity contribution in [2.24, 2.45) is 0 Å². The summed E-state index contributed by atoms with van der Waals surface area (Å²) in [6.45, 7) is 5.66. The zero-order valence-electron chi connectivity index (χ0n) is 17.2. The third kappa shape index (κ3) is 3.47. The van der Waals surface area contributed by atoms with E-state index in [0.29, 0.717) is 6.54 Å².